The number of carbonyl (C=O) groups is 3. The molecule has 16 heavy (non-hydrogen) atoms. The Kier molecular flexibility index (Phi) is 3.57. The Hall–Kier alpha value is -2.41. The number of hydrogen-bond donors (Lipinski definition) is 3. The summed E-state index contributed by atoms with van der Waals surface area (Å²) in [5.41, 5.74) is 1.82. The van der Waals surface area contributed by atoms with Crippen LogP contribution >= 0.6 is 0 Å². The SMILES string of the molecule is NNC(=O)c1ccccc1OC(=O)C(=O)O. The molecule has 0 aliphatic heterocycles. The Morgan fingerprint density at radius 2 is 1.88 bits per heavy atom. The second-order valence-corrected chi connectivity index (χ2v) is 2.66. The van der Waals surface area contributed by atoms with Gasteiger partial charge < -0.3 is 9.84 Å². The van der Waals surface area contributed by atoms with Crippen LogP contribution in [0.15, 0.2) is 24.3 Å². The number of amides is 1. The van der Waals surface area contributed by atoms with E-state index in [1.54, 1.807) is 0 Å². The van der Waals surface area contributed by atoms with Crippen LogP contribution in [0.4, 0.5) is 0 Å². The molecule has 0 aromatic heterocycles. The van der Waals surface area contributed by atoms with E-state index in [-0.39, 0.29) is 11.3 Å². The molecule has 1 aromatic carbocycles. The molecular formula is C9H8N2O5. The molecule has 0 atom stereocenters. The summed E-state index contributed by atoms with van der Waals surface area (Å²) in [5.74, 6) is 0.830. The normalized spacial score (nSPS) is 9.31. The third-order valence-electron chi connectivity index (χ3n) is 1.64. The summed E-state index contributed by atoms with van der Waals surface area (Å²) in [6, 6.07) is 5.62. The van der Waals surface area contributed by atoms with Gasteiger partial charge in [0.05, 0.1) is 5.56 Å². The van der Waals surface area contributed by atoms with Crippen LogP contribution < -0.4 is 16.0 Å². The van der Waals surface area contributed by atoms with Crippen molar-refractivity contribution < 1.29 is 24.2 Å². The smallest absolute Gasteiger partial charge is 0.422 e. The number of carboxylic acid groups (broad SMARTS) is 1. The highest BCUT2D eigenvalue weighted by atomic mass is 16.6. The van der Waals surface area contributed by atoms with Gasteiger partial charge in [0.1, 0.15) is 5.75 Å². The second kappa shape index (κ2) is 4.89. The highest BCUT2D eigenvalue weighted by Crippen LogP contribution is 2.17. The number of esters is 1. The third kappa shape index (κ3) is 2.55. The van der Waals surface area contributed by atoms with Crippen LogP contribution in [-0.4, -0.2) is 23.0 Å². The molecule has 1 rings (SSSR count). The summed E-state index contributed by atoms with van der Waals surface area (Å²) in [6.07, 6.45) is 0. The van der Waals surface area contributed by atoms with Crippen LogP contribution in [-0.2, 0) is 9.59 Å². The van der Waals surface area contributed by atoms with Gasteiger partial charge in [-0.3, -0.25) is 10.2 Å². The van der Waals surface area contributed by atoms with E-state index in [2.05, 4.69) is 4.74 Å². The zero-order valence-electron chi connectivity index (χ0n) is 7.97. The van der Waals surface area contributed by atoms with Gasteiger partial charge in [-0.25, -0.2) is 15.4 Å². The van der Waals surface area contributed by atoms with E-state index in [1.165, 1.54) is 24.3 Å². The maximum absolute atomic E-state index is 11.2. The summed E-state index contributed by atoms with van der Waals surface area (Å²) in [5, 5.41) is 8.33. The van der Waals surface area contributed by atoms with Gasteiger partial charge in [0.25, 0.3) is 5.91 Å². The minimum absolute atomic E-state index is 0.0281. The van der Waals surface area contributed by atoms with E-state index < -0.39 is 17.8 Å². The van der Waals surface area contributed by atoms with Crippen molar-refractivity contribution in [3.05, 3.63) is 29.8 Å². The minimum atomic E-state index is -1.75. The maximum Gasteiger partial charge on any atom is 0.422 e. The zero-order chi connectivity index (χ0) is 12.1. The van der Waals surface area contributed by atoms with Gasteiger partial charge in [-0.05, 0) is 12.1 Å². The fraction of sp³-hybridized carbons (Fsp3) is 0. The molecule has 7 heteroatoms. The fourth-order valence-electron chi connectivity index (χ4n) is 0.965. The van der Waals surface area contributed by atoms with Crippen molar-refractivity contribution >= 4 is 17.8 Å². The van der Waals surface area contributed by atoms with Gasteiger partial charge in [-0.1, -0.05) is 12.1 Å². The Labute approximate surface area is 89.8 Å². The van der Waals surface area contributed by atoms with Crippen LogP contribution in [0.1, 0.15) is 10.4 Å². The molecule has 7 nitrogen and oxygen atoms in total. The molecule has 1 aromatic rings. The summed E-state index contributed by atoms with van der Waals surface area (Å²) >= 11 is 0. The maximum atomic E-state index is 11.2. The predicted molar refractivity (Wildman–Crippen MR) is 51.4 cm³/mol. The molecule has 0 unspecified atom stereocenters. The Balaban J connectivity index is 3.00. The Morgan fingerprint density at radius 1 is 1.25 bits per heavy atom. The minimum Gasteiger partial charge on any atom is -0.473 e. The topological polar surface area (TPSA) is 119 Å². The average Bonchev–Trinajstić information content (AvgIpc) is 2.28. The van der Waals surface area contributed by atoms with E-state index in [1.807, 2.05) is 5.43 Å². The molecule has 0 saturated carbocycles. The number of hydrogen-bond acceptors (Lipinski definition) is 5. The number of rotatable bonds is 2. The first-order valence-corrected chi connectivity index (χ1v) is 4.11. The van der Waals surface area contributed by atoms with Crippen molar-refractivity contribution in [3.8, 4) is 5.75 Å². The lowest BCUT2D eigenvalue weighted by Gasteiger charge is -2.06. The molecule has 4 N–H and O–H groups in total. The number of nitrogen functional groups attached to an aromatic ring is 1. The van der Waals surface area contributed by atoms with Crippen LogP contribution in [0, 0.1) is 0 Å². The summed E-state index contributed by atoms with van der Waals surface area (Å²) < 4.78 is 4.48. The van der Waals surface area contributed by atoms with E-state index in [9.17, 15) is 14.4 Å². The van der Waals surface area contributed by atoms with Crippen molar-refractivity contribution in [2.24, 2.45) is 5.84 Å². The van der Waals surface area contributed by atoms with E-state index >= 15 is 0 Å². The monoisotopic (exact) mass is 224 g/mol. The summed E-state index contributed by atoms with van der Waals surface area (Å²) in [7, 11) is 0. The largest absolute Gasteiger partial charge is 0.473 e. The van der Waals surface area contributed by atoms with Gasteiger partial charge >= 0.3 is 11.9 Å². The number of benzene rings is 1. The zero-order valence-corrected chi connectivity index (χ0v) is 7.97. The highest BCUT2D eigenvalue weighted by Gasteiger charge is 2.18. The molecule has 0 bridgehead atoms. The van der Waals surface area contributed by atoms with Crippen molar-refractivity contribution in [3.63, 3.8) is 0 Å². The third-order valence-corrected chi connectivity index (χ3v) is 1.64. The lowest BCUT2D eigenvalue weighted by molar-refractivity contribution is -0.158. The molecule has 0 radical (unpaired) electrons. The lowest BCUT2D eigenvalue weighted by Crippen LogP contribution is -2.31. The van der Waals surface area contributed by atoms with Gasteiger partial charge in [-0.15, -0.1) is 0 Å². The van der Waals surface area contributed by atoms with Crippen LogP contribution in [0.2, 0.25) is 0 Å². The number of nitrogens with one attached hydrogen (secondary N) is 1. The number of carbonyl (C=O) groups excluding carboxylic acids is 2. The molecule has 0 heterocycles. The number of para-hydroxylation sites is 1. The standard InChI is InChI=1S/C9H8N2O5/c10-11-7(12)5-3-1-2-4-6(5)16-9(15)8(13)14/h1-4H,10H2,(H,11,12)(H,13,14). The van der Waals surface area contributed by atoms with Crippen molar-refractivity contribution in [2.45, 2.75) is 0 Å². The van der Waals surface area contributed by atoms with Gasteiger partial charge in [0.15, 0.2) is 0 Å². The van der Waals surface area contributed by atoms with Gasteiger partial charge in [0, 0.05) is 0 Å². The Morgan fingerprint density at radius 3 is 2.44 bits per heavy atom. The lowest BCUT2D eigenvalue weighted by atomic mass is 10.2. The molecule has 0 aliphatic rings. The average molecular weight is 224 g/mol. The van der Waals surface area contributed by atoms with E-state index in [0.717, 1.165) is 0 Å². The van der Waals surface area contributed by atoms with Crippen molar-refractivity contribution in [1.29, 1.82) is 0 Å². The van der Waals surface area contributed by atoms with Crippen molar-refractivity contribution in [1.82, 2.24) is 5.43 Å². The number of carboxylic acids is 1. The molecule has 0 fully saturated rings. The molecule has 0 spiro atoms. The van der Waals surface area contributed by atoms with E-state index in [4.69, 9.17) is 10.9 Å². The first kappa shape index (κ1) is 11.7. The predicted octanol–water partition coefficient (Wildman–Crippen LogP) is -0.720. The van der Waals surface area contributed by atoms with Crippen LogP contribution in [0.25, 0.3) is 0 Å². The fourth-order valence-corrected chi connectivity index (χ4v) is 0.965. The highest BCUT2D eigenvalue weighted by molar-refractivity contribution is 6.29. The first-order chi connectivity index (χ1) is 7.56. The number of hydrazine groups is 1. The number of aliphatic carboxylic acids is 1. The number of nitrogens with two attached hydrogens (primary N) is 1. The van der Waals surface area contributed by atoms with Crippen LogP contribution in [0.5, 0.6) is 5.75 Å². The quantitative estimate of drug-likeness (QED) is 0.152. The summed E-state index contributed by atoms with van der Waals surface area (Å²) in [4.78, 5) is 32.3. The van der Waals surface area contributed by atoms with Gasteiger partial charge in [-0.2, -0.15) is 0 Å². The van der Waals surface area contributed by atoms with Gasteiger partial charge in [0.2, 0.25) is 0 Å². The molecular weight excluding hydrogens is 216 g/mol. The molecule has 0 aliphatic carbocycles. The second-order valence-electron chi connectivity index (χ2n) is 2.66. The first-order valence-electron chi connectivity index (χ1n) is 4.11. The Bertz CT molecular complexity index is 443. The summed E-state index contributed by atoms with van der Waals surface area (Å²) in [6.45, 7) is 0. The molecule has 84 valence electrons. The molecule has 0 saturated heterocycles. The number of ether oxygens (including phenoxy) is 1. The van der Waals surface area contributed by atoms with Crippen molar-refractivity contribution in [2.75, 3.05) is 0 Å². The van der Waals surface area contributed by atoms with Crippen LogP contribution in [0.3, 0.4) is 0 Å². The molecule has 1 amide bonds. The van der Waals surface area contributed by atoms with E-state index in [0.29, 0.717) is 0 Å².